The SMILES string of the molecule is c1ccc(-c2nc(-c3ccccc3)nc(-c3ccc4c(c3)oc3ccc(-c5ccc(-c6ccc7c8ccccc8c8ccccc8c7c6)cc5)cc34)n2)cc1. The molecule has 0 saturated carbocycles. The van der Waals surface area contributed by atoms with Crippen molar-refractivity contribution in [1.82, 2.24) is 15.0 Å². The second-order valence-corrected chi connectivity index (χ2v) is 14.0. The molecule has 0 unspecified atom stereocenters. The van der Waals surface area contributed by atoms with Gasteiger partial charge >= 0.3 is 0 Å². The lowest BCUT2D eigenvalue weighted by Gasteiger charge is -2.12. The topological polar surface area (TPSA) is 51.8 Å². The second kappa shape index (κ2) is 12.6. The summed E-state index contributed by atoms with van der Waals surface area (Å²) in [5.41, 5.74) is 9.07. The van der Waals surface area contributed by atoms with Crippen LogP contribution in [0.5, 0.6) is 0 Å². The molecule has 0 spiro atoms. The lowest BCUT2D eigenvalue weighted by atomic mass is 9.92. The molecule has 2 aromatic heterocycles. The molecule has 11 aromatic rings. The summed E-state index contributed by atoms with van der Waals surface area (Å²) in [4.78, 5) is 14.7. The van der Waals surface area contributed by atoms with Crippen molar-refractivity contribution in [3.05, 3.63) is 188 Å². The molecule has 0 fully saturated rings. The van der Waals surface area contributed by atoms with E-state index in [0.29, 0.717) is 17.5 Å². The van der Waals surface area contributed by atoms with Crippen LogP contribution in [0.2, 0.25) is 0 Å². The van der Waals surface area contributed by atoms with Crippen molar-refractivity contribution in [3.8, 4) is 56.4 Å². The minimum Gasteiger partial charge on any atom is -0.456 e. The van der Waals surface area contributed by atoms with Crippen molar-refractivity contribution in [3.63, 3.8) is 0 Å². The maximum Gasteiger partial charge on any atom is 0.164 e. The first-order valence-corrected chi connectivity index (χ1v) is 18.5. The van der Waals surface area contributed by atoms with Crippen LogP contribution in [0.3, 0.4) is 0 Å². The predicted molar refractivity (Wildman–Crippen MR) is 227 cm³/mol. The van der Waals surface area contributed by atoms with E-state index in [2.05, 4.69) is 121 Å². The highest BCUT2D eigenvalue weighted by atomic mass is 16.3. The molecule has 4 heteroatoms. The lowest BCUT2D eigenvalue weighted by molar-refractivity contribution is 0.669. The number of aromatic nitrogens is 3. The number of hydrogen-bond acceptors (Lipinski definition) is 4. The van der Waals surface area contributed by atoms with E-state index in [1.165, 1.54) is 43.4 Å². The number of rotatable bonds is 5. The van der Waals surface area contributed by atoms with Crippen LogP contribution in [-0.2, 0) is 0 Å². The maximum absolute atomic E-state index is 6.43. The van der Waals surface area contributed by atoms with Gasteiger partial charge in [-0.2, -0.15) is 0 Å². The van der Waals surface area contributed by atoms with Gasteiger partial charge in [-0.15, -0.1) is 0 Å². The molecule has 256 valence electrons. The monoisotopic (exact) mass is 701 g/mol. The maximum atomic E-state index is 6.43. The molecule has 0 atom stereocenters. The highest BCUT2D eigenvalue weighted by molar-refractivity contribution is 6.25. The van der Waals surface area contributed by atoms with Crippen LogP contribution in [0.1, 0.15) is 0 Å². The van der Waals surface area contributed by atoms with E-state index in [4.69, 9.17) is 19.4 Å². The average Bonchev–Trinajstić information content (AvgIpc) is 3.64. The van der Waals surface area contributed by atoms with Crippen molar-refractivity contribution in [2.75, 3.05) is 0 Å². The summed E-state index contributed by atoms with van der Waals surface area (Å²) in [5.74, 6) is 1.86. The number of furan rings is 1. The van der Waals surface area contributed by atoms with E-state index in [-0.39, 0.29) is 0 Å². The van der Waals surface area contributed by atoms with E-state index >= 15 is 0 Å². The van der Waals surface area contributed by atoms with Gasteiger partial charge in [-0.25, -0.2) is 15.0 Å². The normalized spacial score (nSPS) is 11.6. The van der Waals surface area contributed by atoms with Crippen LogP contribution in [0, 0.1) is 0 Å². The van der Waals surface area contributed by atoms with Gasteiger partial charge in [-0.3, -0.25) is 0 Å². The molecule has 0 aliphatic rings. The van der Waals surface area contributed by atoms with Gasteiger partial charge in [0.15, 0.2) is 17.5 Å². The van der Waals surface area contributed by atoms with Crippen molar-refractivity contribution in [2.45, 2.75) is 0 Å². The van der Waals surface area contributed by atoms with Crippen molar-refractivity contribution >= 4 is 54.3 Å². The van der Waals surface area contributed by atoms with Gasteiger partial charge in [0.05, 0.1) is 0 Å². The zero-order valence-corrected chi connectivity index (χ0v) is 29.6. The van der Waals surface area contributed by atoms with E-state index in [1.54, 1.807) is 0 Å². The smallest absolute Gasteiger partial charge is 0.164 e. The van der Waals surface area contributed by atoms with Crippen LogP contribution in [0.15, 0.2) is 192 Å². The van der Waals surface area contributed by atoms with Gasteiger partial charge in [0.1, 0.15) is 11.2 Å². The second-order valence-electron chi connectivity index (χ2n) is 14.0. The number of nitrogens with zero attached hydrogens (tertiary/aromatic N) is 3. The third-order valence-electron chi connectivity index (χ3n) is 10.7. The standard InChI is InChI=1S/C51H31N3O/c1-3-11-34(12-4-1)49-52-50(35-13-5-2-6-14-35)54-51(53-49)38-24-27-44-46-30-37(25-28-47(46)55-48(44)31-38)33-21-19-32(20-22-33)36-23-26-43-41-17-8-7-15-39(41)40-16-9-10-18-42(40)45(43)29-36/h1-31H. The summed E-state index contributed by atoms with van der Waals surface area (Å²) in [5, 5.41) is 9.83. The van der Waals surface area contributed by atoms with Crippen LogP contribution < -0.4 is 0 Å². The molecular weight excluding hydrogens is 671 g/mol. The molecule has 0 N–H and O–H groups in total. The summed E-state index contributed by atoms with van der Waals surface area (Å²) >= 11 is 0. The first kappa shape index (κ1) is 31.1. The average molecular weight is 702 g/mol. The minimum absolute atomic E-state index is 0.601. The third-order valence-corrected chi connectivity index (χ3v) is 10.7. The van der Waals surface area contributed by atoms with Crippen molar-refractivity contribution < 1.29 is 4.42 Å². The lowest BCUT2D eigenvalue weighted by Crippen LogP contribution is -2.00. The van der Waals surface area contributed by atoms with Crippen LogP contribution >= 0.6 is 0 Å². The molecule has 0 aliphatic carbocycles. The summed E-state index contributed by atoms with van der Waals surface area (Å²) in [6, 6.07) is 66.0. The molecule has 9 aromatic carbocycles. The summed E-state index contributed by atoms with van der Waals surface area (Å²) < 4.78 is 6.43. The zero-order chi connectivity index (χ0) is 36.3. The Morgan fingerprint density at radius 3 is 1.20 bits per heavy atom. The molecule has 2 heterocycles. The van der Waals surface area contributed by atoms with E-state index in [1.807, 2.05) is 66.7 Å². The largest absolute Gasteiger partial charge is 0.456 e. The molecule has 0 aliphatic heterocycles. The molecule has 11 rings (SSSR count). The molecule has 4 nitrogen and oxygen atoms in total. The Labute approximate surface area is 317 Å². The van der Waals surface area contributed by atoms with Crippen LogP contribution in [0.25, 0.3) is 111 Å². The number of benzene rings is 9. The first-order chi connectivity index (χ1) is 27.2. The van der Waals surface area contributed by atoms with Crippen molar-refractivity contribution in [1.29, 1.82) is 0 Å². The minimum atomic E-state index is 0.601. The fourth-order valence-electron chi connectivity index (χ4n) is 7.98. The Morgan fingerprint density at radius 1 is 0.236 bits per heavy atom. The van der Waals surface area contributed by atoms with Gasteiger partial charge in [0, 0.05) is 27.5 Å². The van der Waals surface area contributed by atoms with Gasteiger partial charge < -0.3 is 4.42 Å². The third kappa shape index (κ3) is 5.34. The van der Waals surface area contributed by atoms with Crippen LogP contribution in [0.4, 0.5) is 0 Å². The van der Waals surface area contributed by atoms with Gasteiger partial charge in [-0.1, -0.05) is 158 Å². The Morgan fingerprint density at radius 2 is 0.636 bits per heavy atom. The first-order valence-electron chi connectivity index (χ1n) is 18.5. The number of fused-ring (bicyclic) bond motifs is 9. The van der Waals surface area contributed by atoms with Crippen LogP contribution in [-0.4, -0.2) is 15.0 Å². The fraction of sp³-hybridized carbons (Fsp3) is 0. The molecular formula is C51H31N3O. The Kier molecular flexibility index (Phi) is 7.14. The molecule has 0 saturated heterocycles. The van der Waals surface area contributed by atoms with E-state index in [0.717, 1.165) is 49.8 Å². The Bertz CT molecular complexity index is 3150. The Hall–Kier alpha value is -7.43. The zero-order valence-electron chi connectivity index (χ0n) is 29.6. The summed E-state index contributed by atoms with van der Waals surface area (Å²) in [7, 11) is 0. The highest BCUT2D eigenvalue weighted by Crippen LogP contribution is 2.39. The molecule has 55 heavy (non-hydrogen) atoms. The van der Waals surface area contributed by atoms with Gasteiger partial charge in [0.2, 0.25) is 0 Å². The van der Waals surface area contributed by atoms with E-state index in [9.17, 15) is 0 Å². The summed E-state index contributed by atoms with van der Waals surface area (Å²) in [6.45, 7) is 0. The predicted octanol–water partition coefficient (Wildman–Crippen LogP) is 13.6. The van der Waals surface area contributed by atoms with E-state index < -0.39 is 0 Å². The Balaban J connectivity index is 0.945. The summed E-state index contributed by atoms with van der Waals surface area (Å²) in [6.07, 6.45) is 0. The molecule has 0 bridgehead atoms. The molecule has 0 amide bonds. The quantitative estimate of drug-likeness (QED) is 0.168. The van der Waals surface area contributed by atoms with Crippen molar-refractivity contribution in [2.24, 2.45) is 0 Å². The highest BCUT2D eigenvalue weighted by Gasteiger charge is 2.16. The van der Waals surface area contributed by atoms with Gasteiger partial charge in [-0.05, 0) is 84.9 Å². The van der Waals surface area contributed by atoms with Gasteiger partial charge in [0.25, 0.3) is 0 Å². The fourth-order valence-corrected chi connectivity index (χ4v) is 7.98. The molecule has 0 radical (unpaired) electrons. The number of hydrogen-bond donors (Lipinski definition) is 0.